The Morgan fingerprint density at radius 1 is 1.30 bits per heavy atom. The molecule has 0 aliphatic rings. The van der Waals surface area contributed by atoms with Crippen LogP contribution in [0.5, 0.6) is 0 Å². The van der Waals surface area contributed by atoms with Crippen LogP contribution in [0.2, 0.25) is 0 Å². The van der Waals surface area contributed by atoms with Crippen LogP contribution in [0.25, 0.3) is 0 Å². The Kier molecular flexibility index (Phi) is 4.40. The van der Waals surface area contributed by atoms with E-state index in [2.05, 4.69) is 10.2 Å². The number of nitro benzene ring substituents is 1. The van der Waals surface area contributed by atoms with Crippen LogP contribution in [0, 0.1) is 10.1 Å². The lowest BCUT2D eigenvalue weighted by Crippen LogP contribution is -2.14. The van der Waals surface area contributed by atoms with Gasteiger partial charge in [0.1, 0.15) is 0 Å². The molecule has 0 fully saturated rings. The van der Waals surface area contributed by atoms with Gasteiger partial charge in [0.25, 0.3) is 12.1 Å². The average Bonchev–Trinajstić information content (AvgIpc) is 2.79. The molecule has 0 radical (unpaired) electrons. The van der Waals surface area contributed by atoms with Gasteiger partial charge in [0.2, 0.25) is 11.0 Å². The van der Waals surface area contributed by atoms with Crippen LogP contribution in [0.15, 0.2) is 28.3 Å². The van der Waals surface area contributed by atoms with Crippen molar-refractivity contribution in [3.63, 3.8) is 0 Å². The summed E-state index contributed by atoms with van der Waals surface area (Å²) in [6.07, 6.45) is -7.78. The van der Waals surface area contributed by atoms with Gasteiger partial charge < -0.3 is 5.84 Å². The Balaban J connectivity index is 2.42. The predicted octanol–water partition coefficient (Wildman–Crippen LogP) is 3.01. The van der Waals surface area contributed by atoms with Crippen molar-refractivity contribution in [2.75, 3.05) is 5.84 Å². The molecule has 2 N–H and O–H groups in total. The second-order valence-corrected chi connectivity index (χ2v) is 5.06. The predicted molar refractivity (Wildman–Crippen MR) is 67.4 cm³/mol. The molecule has 2 aromatic rings. The fraction of sp³-hybridized carbons (Fsp3) is 0.200. The number of nitro groups is 1. The highest BCUT2D eigenvalue weighted by Gasteiger charge is 2.33. The zero-order chi connectivity index (χ0) is 17.4. The number of hydrogen-bond donors (Lipinski definition) is 1. The van der Waals surface area contributed by atoms with E-state index < -0.39 is 34.6 Å². The minimum absolute atomic E-state index is 0.247. The van der Waals surface area contributed by atoms with E-state index in [1.807, 2.05) is 0 Å². The molecule has 0 atom stereocenters. The van der Waals surface area contributed by atoms with E-state index in [1.165, 1.54) is 0 Å². The molecule has 1 heterocycles. The quantitative estimate of drug-likeness (QED) is 0.392. The summed E-state index contributed by atoms with van der Waals surface area (Å²) in [7, 11) is 0. The SMILES string of the molecule is Nn1c(Sc2ccc(C(F)(F)F)cc2[N+](=O)[O-])nnc1C(F)F. The Bertz CT molecular complexity index is 748. The van der Waals surface area contributed by atoms with Gasteiger partial charge in [0.05, 0.1) is 15.4 Å². The first-order valence-electron chi connectivity index (χ1n) is 5.63. The summed E-state index contributed by atoms with van der Waals surface area (Å²) in [6, 6.07) is 1.80. The number of nitrogens with zero attached hydrogens (tertiary/aromatic N) is 4. The highest BCUT2D eigenvalue weighted by molar-refractivity contribution is 7.99. The van der Waals surface area contributed by atoms with Gasteiger partial charge in [0, 0.05) is 6.07 Å². The molecular formula is C10H6F5N5O2S. The third-order valence-corrected chi connectivity index (χ3v) is 3.60. The second kappa shape index (κ2) is 5.98. The Morgan fingerprint density at radius 3 is 2.43 bits per heavy atom. The Labute approximate surface area is 128 Å². The van der Waals surface area contributed by atoms with E-state index in [9.17, 15) is 32.1 Å². The molecule has 23 heavy (non-hydrogen) atoms. The highest BCUT2D eigenvalue weighted by Crippen LogP contribution is 2.38. The lowest BCUT2D eigenvalue weighted by atomic mass is 10.2. The average molecular weight is 355 g/mol. The highest BCUT2D eigenvalue weighted by atomic mass is 32.2. The fourth-order valence-corrected chi connectivity index (χ4v) is 2.37. The lowest BCUT2D eigenvalue weighted by molar-refractivity contribution is -0.388. The van der Waals surface area contributed by atoms with Crippen molar-refractivity contribution in [2.45, 2.75) is 22.7 Å². The van der Waals surface area contributed by atoms with E-state index >= 15 is 0 Å². The molecule has 2 rings (SSSR count). The van der Waals surface area contributed by atoms with Crippen LogP contribution in [0.4, 0.5) is 27.6 Å². The van der Waals surface area contributed by atoms with E-state index in [1.54, 1.807) is 0 Å². The summed E-state index contributed by atoms with van der Waals surface area (Å²) in [4.78, 5) is 9.65. The molecule has 0 aliphatic carbocycles. The van der Waals surface area contributed by atoms with E-state index in [4.69, 9.17) is 5.84 Å². The fourth-order valence-electron chi connectivity index (χ4n) is 1.53. The molecule has 124 valence electrons. The van der Waals surface area contributed by atoms with Gasteiger partial charge in [-0.25, -0.2) is 13.5 Å². The molecule has 7 nitrogen and oxygen atoms in total. The summed E-state index contributed by atoms with van der Waals surface area (Å²) < 4.78 is 63.2. The third-order valence-electron chi connectivity index (χ3n) is 2.57. The van der Waals surface area contributed by atoms with Gasteiger partial charge in [0.15, 0.2) is 0 Å². The first-order chi connectivity index (χ1) is 10.6. The maximum Gasteiger partial charge on any atom is 0.416 e. The van der Waals surface area contributed by atoms with Crippen LogP contribution in [-0.2, 0) is 6.18 Å². The summed E-state index contributed by atoms with van der Waals surface area (Å²) in [5.74, 6) is 4.45. The molecule has 0 aliphatic heterocycles. The first kappa shape index (κ1) is 16.9. The largest absolute Gasteiger partial charge is 0.416 e. The van der Waals surface area contributed by atoms with Crippen LogP contribution >= 0.6 is 11.8 Å². The van der Waals surface area contributed by atoms with Crippen molar-refractivity contribution < 1.29 is 26.9 Å². The molecule has 13 heteroatoms. The minimum atomic E-state index is -4.76. The lowest BCUT2D eigenvalue weighted by Gasteiger charge is -2.08. The number of halogens is 5. The number of nitrogen functional groups attached to an aromatic ring is 1. The number of aromatic nitrogens is 3. The van der Waals surface area contributed by atoms with Gasteiger partial charge in [-0.15, -0.1) is 10.2 Å². The third kappa shape index (κ3) is 3.49. The zero-order valence-corrected chi connectivity index (χ0v) is 11.6. The molecule has 0 saturated carbocycles. The number of rotatable bonds is 4. The molecule has 0 unspecified atom stereocenters. The van der Waals surface area contributed by atoms with Gasteiger partial charge in [-0.3, -0.25) is 10.1 Å². The van der Waals surface area contributed by atoms with Crippen molar-refractivity contribution in [2.24, 2.45) is 0 Å². The second-order valence-electron chi connectivity index (χ2n) is 4.05. The summed E-state index contributed by atoms with van der Waals surface area (Å²) in [5, 5.41) is 17.0. The molecule has 0 bridgehead atoms. The van der Waals surface area contributed by atoms with Crippen molar-refractivity contribution in [1.29, 1.82) is 0 Å². The van der Waals surface area contributed by atoms with E-state index in [0.717, 1.165) is 6.07 Å². The number of hydrogen-bond acceptors (Lipinski definition) is 6. The van der Waals surface area contributed by atoms with Crippen molar-refractivity contribution in [1.82, 2.24) is 14.9 Å². The normalized spacial score (nSPS) is 11.9. The summed E-state index contributed by atoms with van der Waals surface area (Å²) in [6.45, 7) is 0. The number of nitrogens with two attached hydrogens (primary N) is 1. The molecular weight excluding hydrogens is 349 g/mol. The van der Waals surface area contributed by atoms with Crippen LogP contribution in [0.3, 0.4) is 0 Å². The van der Waals surface area contributed by atoms with Crippen LogP contribution < -0.4 is 5.84 Å². The van der Waals surface area contributed by atoms with Crippen molar-refractivity contribution in [3.8, 4) is 0 Å². The van der Waals surface area contributed by atoms with Gasteiger partial charge >= 0.3 is 6.18 Å². The summed E-state index contributed by atoms with van der Waals surface area (Å²) in [5.41, 5.74) is -2.07. The van der Waals surface area contributed by atoms with Gasteiger partial charge in [-0.2, -0.15) is 13.2 Å². The molecule has 0 spiro atoms. The molecule has 1 aromatic carbocycles. The topological polar surface area (TPSA) is 99.9 Å². The smallest absolute Gasteiger partial charge is 0.335 e. The Morgan fingerprint density at radius 2 is 1.96 bits per heavy atom. The van der Waals surface area contributed by atoms with Crippen molar-refractivity contribution >= 4 is 17.4 Å². The Hall–Kier alpha value is -2.44. The summed E-state index contributed by atoms with van der Waals surface area (Å²) >= 11 is 0.449. The zero-order valence-electron chi connectivity index (χ0n) is 10.8. The van der Waals surface area contributed by atoms with E-state index in [0.29, 0.717) is 28.6 Å². The van der Waals surface area contributed by atoms with Crippen molar-refractivity contribution in [3.05, 3.63) is 39.7 Å². The van der Waals surface area contributed by atoms with Gasteiger partial charge in [-0.05, 0) is 23.9 Å². The maximum absolute atomic E-state index is 12.6. The first-order valence-corrected chi connectivity index (χ1v) is 6.45. The molecule has 0 amide bonds. The van der Waals surface area contributed by atoms with E-state index in [-0.39, 0.29) is 10.1 Å². The van der Waals surface area contributed by atoms with Crippen LogP contribution in [0.1, 0.15) is 17.8 Å². The maximum atomic E-state index is 12.6. The van der Waals surface area contributed by atoms with Gasteiger partial charge in [-0.1, -0.05) is 0 Å². The number of alkyl halides is 5. The standard InChI is InChI=1S/C10H6F5N5O2S/c11-7(12)8-17-18-9(19(8)16)23-6-2-1-4(10(13,14)15)3-5(6)20(21)22/h1-3,7H,16H2. The van der Waals surface area contributed by atoms with Crippen LogP contribution in [-0.4, -0.2) is 19.8 Å². The molecule has 0 saturated heterocycles. The monoisotopic (exact) mass is 355 g/mol. The minimum Gasteiger partial charge on any atom is -0.335 e. The molecule has 1 aromatic heterocycles. The number of benzene rings is 1.